The van der Waals surface area contributed by atoms with E-state index in [2.05, 4.69) is 0 Å². The molecule has 3 atom stereocenters. The molecule has 0 fully saturated rings. The highest BCUT2D eigenvalue weighted by Gasteiger charge is 2.58. The highest BCUT2D eigenvalue weighted by atomic mass is 31.1. The van der Waals surface area contributed by atoms with Crippen LogP contribution in [0.1, 0.15) is 31.7 Å². The number of hydrogen-bond donors (Lipinski definition) is 3. The van der Waals surface area contributed by atoms with Crippen molar-refractivity contribution in [3.05, 3.63) is 35.9 Å². The molecule has 0 spiro atoms. The molecule has 0 saturated carbocycles. The fraction of sp³-hybridized carbons (Fsp3) is 0.467. The smallest absolute Gasteiger partial charge is 0.481 e. The van der Waals surface area contributed by atoms with Gasteiger partial charge in [0.2, 0.25) is 0 Å². The molecule has 0 aromatic heterocycles. The molecule has 0 bridgehead atoms. The third-order valence-corrected chi connectivity index (χ3v) is 5.26. The van der Waals surface area contributed by atoms with Crippen LogP contribution in [0.2, 0.25) is 0 Å². The predicted octanol–water partition coefficient (Wildman–Crippen LogP) is 2.68. The lowest BCUT2D eigenvalue weighted by Crippen LogP contribution is -2.41. The lowest BCUT2D eigenvalue weighted by Gasteiger charge is -2.22. The second-order valence-corrected chi connectivity index (χ2v) is 6.87. The first kappa shape index (κ1) is 18.3. The fourth-order valence-corrected chi connectivity index (χ4v) is 3.10. The Kier molecular flexibility index (Phi) is 6.65. The van der Waals surface area contributed by atoms with E-state index in [9.17, 15) is 24.2 Å². The summed E-state index contributed by atoms with van der Waals surface area (Å²) in [6.45, 7) is 1.14. The molecule has 22 heavy (non-hydrogen) atoms. The zero-order valence-corrected chi connectivity index (χ0v) is 13.2. The van der Waals surface area contributed by atoms with Gasteiger partial charge in [0.1, 0.15) is 0 Å². The van der Waals surface area contributed by atoms with Crippen LogP contribution in [-0.2, 0) is 20.6 Å². The van der Waals surface area contributed by atoms with Crippen LogP contribution in [0.4, 0.5) is 0 Å². The number of carboxylic acid groups (broad SMARTS) is 2. The Hall–Kier alpha value is -1.78. The average molecular weight is 327 g/mol. The van der Waals surface area contributed by atoms with E-state index in [1.807, 2.05) is 30.3 Å². The molecule has 0 radical (unpaired) electrons. The van der Waals surface area contributed by atoms with Crippen LogP contribution in [0.25, 0.3) is 0 Å². The number of carboxylic acids is 2. The van der Waals surface area contributed by atoms with Crippen molar-refractivity contribution in [3.63, 3.8) is 0 Å². The summed E-state index contributed by atoms with van der Waals surface area (Å²) in [6.07, 6.45) is 1.02. The minimum atomic E-state index is -3.04. The van der Waals surface area contributed by atoms with Gasteiger partial charge in [-0.05, 0) is 36.3 Å². The maximum absolute atomic E-state index is 11.5. The van der Waals surface area contributed by atoms with Gasteiger partial charge in [-0.1, -0.05) is 30.3 Å². The molecule has 1 rings (SSSR count). The lowest BCUT2D eigenvalue weighted by molar-refractivity contribution is -0.143. The first-order valence-electron chi connectivity index (χ1n) is 6.93. The van der Waals surface area contributed by atoms with E-state index in [4.69, 9.17) is 5.11 Å². The van der Waals surface area contributed by atoms with E-state index >= 15 is 0 Å². The van der Waals surface area contributed by atoms with Crippen molar-refractivity contribution in [2.45, 2.75) is 37.8 Å². The monoisotopic (exact) mass is 327 g/mol. The van der Waals surface area contributed by atoms with Crippen molar-refractivity contribution >= 4 is 20.0 Å². The molecule has 6 nitrogen and oxygen atoms in total. The Labute approximate surface area is 129 Å². The van der Waals surface area contributed by atoms with Crippen LogP contribution in [0, 0.1) is 5.92 Å². The molecular weight excluding hydrogens is 307 g/mol. The van der Waals surface area contributed by atoms with Crippen LogP contribution < -0.4 is 0 Å². The maximum atomic E-state index is 11.5. The Morgan fingerprint density at radius 1 is 1.23 bits per heavy atom. The Morgan fingerprint density at radius 3 is 2.27 bits per heavy atom. The van der Waals surface area contributed by atoms with Gasteiger partial charge in [-0.2, -0.15) is 4.89 Å². The summed E-state index contributed by atoms with van der Waals surface area (Å²) in [5.41, 5.74) is 1.06. The Morgan fingerprint density at radius 2 is 1.82 bits per heavy atom. The normalized spacial score (nSPS) is 15.6. The predicted molar refractivity (Wildman–Crippen MR) is 81.0 cm³/mol. The summed E-state index contributed by atoms with van der Waals surface area (Å²) in [7, 11) is -3.04. The summed E-state index contributed by atoms with van der Waals surface area (Å²) in [5.74, 6) is -3.52. The first-order chi connectivity index (χ1) is 10.3. The molecular formula is C15H20O6P+. The van der Waals surface area contributed by atoms with Crippen molar-refractivity contribution in [2.75, 3.05) is 0 Å². The molecule has 0 aliphatic heterocycles. The number of hydrogen-bond acceptors (Lipinski definition) is 3. The lowest BCUT2D eigenvalue weighted by atomic mass is 9.85. The summed E-state index contributed by atoms with van der Waals surface area (Å²) in [5, 5.41) is 16.3. The van der Waals surface area contributed by atoms with Gasteiger partial charge >= 0.3 is 20.0 Å². The van der Waals surface area contributed by atoms with E-state index in [-0.39, 0.29) is 6.42 Å². The van der Waals surface area contributed by atoms with Crippen molar-refractivity contribution < 1.29 is 29.3 Å². The van der Waals surface area contributed by atoms with Gasteiger partial charge in [0.15, 0.2) is 0 Å². The molecule has 3 N–H and O–H groups in total. The van der Waals surface area contributed by atoms with Crippen LogP contribution in [0.15, 0.2) is 30.3 Å². The first-order valence-corrected chi connectivity index (χ1v) is 8.15. The number of carbonyl (C=O) groups is 2. The topological polar surface area (TPSA) is 112 Å². The zero-order chi connectivity index (χ0) is 16.8. The summed E-state index contributed by atoms with van der Waals surface area (Å²) in [4.78, 5) is 31.7. The van der Waals surface area contributed by atoms with Crippen molar-refractivity contribution in [1.29, 1.82) is 0 Å². The molecule has 0 amide bonds. The minimum Gasteiger partial charge on any atom is -0.481 e. The van der Waals surface area contributed by atoms with E-state index in [1.165, 1.54) is 0 Å². The largest absolute Gasteiger partial charge is 0.523 e. The van der Waals surface area contributed by atoms with Crippen LogP contribution in [0.3, 0.4) is 0 Å². The van der Waals surface area contributed by atoms with Crippen LogP contribution in [-0.4, -0.2) is 32.2 Å². The summed E-state index contributed by atoms with van der Waals surface area (Å²) >= 11 is 0. The standard InChI is InChI=1S/C15H19O6P/c1-15(14(18)19,22(20)21)12(10-13(16)17)9-5-8-11-6-3-2-4-7-11/h2-4,6-7,12H,5,8-10H2,1H3,(H2-,16,17,18,19,20,21)/p+1. The molecule has 120 valence electrons. The molecule has 7 heteroatoms. The highest BCUT2D eigenvalue weighted by molar-refractivity contribution is 7.41. The minimum absolute atomic E-state index is 0.256. The molecule has 0 aliphatic carbocycles. The second kappa shape index (κ2) is 8.01. The van der Waals surface area contributed by atoms with E-state index in [1.54, 1.807) is 0 Å². The van der Waals surface area contributed by atoms with Gasteiger partial charge in [-0.3, -0.25) is 4.79 Å². The SMILES string of the molecule is CC(C(=O)O)(C(CCCc1ccccc1)CC(=O)O)[P+](=O)O. The van der Waals surface area contributed by atoms with Crippen LogP contribution >= 0.6 is 8.03 Å². The average Bonchev–Trinajstić information content (AvgIpc) is 2.45. The maximum Gasteiger partial charge on any atom is 0.523 e. The molecule has 0 heterocycles. The second-order valence-electron chi connectivity index (χ2n) is 5.40. The summed E-state index contributed by atoms with van der Waals surface area (Å²) < 4.78 is 11.5. The van der Waals surface area contributed by atoms with Gasteiger partial charge in [0.05, 0.1) is 6.42 Å². The molecule has 0 aliphatic rings. The van der Waals surface area contributed by atoms with Gasteiger partial charge in [-0.25, -0.2) is 4.79 Å². The zero-order valence-electron chi connectivity index (χ0n) is 12.3. The quantitative estimate of drug-likeness (QED) is 0.601. The molecule has 0 saturated heterocycles. The third-order valence-electron chi connectivity index (χ3n) is 3.91. The number of benzene rings is 1. The van der Waals surface area contributed by atoms with Crippen molar-refractivity contribution in [3.8, 4) is 0 Å². The summed E-state index contributed by atoms with van der Waals surface area (Å²) in [6, 6.07) is 9.50. The van der Waals surface area contributed by atoms with Gasteiger partial charge in [0, 0.05) is 5.92 Å². The van der Waals surface area contributed by atoms with Gasteiger partial charge in [-0.15, -0.1) is 0 Å². The Balaban J connectivity index is 2.82. The number of aliphatic carboxylic acids is 2. The van der Waals surface area contributed by atoms with E-state index in [0.717, 1.165) is 12.5 Å². The Bertz CT molecular complexity index is 528. The van der Waals surface area contributed by atoms with E-state index < -0.39 is 37.5 Å². The fourth-order valence-electron chi connectivity index (χ4n) is 2.40. The van der Waals surface area contributed by atoms with Crippen molar-refractivity contribution in [2.24, 2.45) is 5.92 Å². The molecule has 1 aromatic carbocycles. The van der Waals surface area contributed by atoms with Crippen molar-refractivity contribution in [1.82, 2.24) is 0 Å². The van der Waals surface area contributed by atoms with Gasteiger partial charge < -0.3 is 10.2 Å². The molecule has 3 unspecified atom stereocenters. The number of rotatable bonds is 9. The molecule has 1 aromatic rings. The van der Waals surface area contributed by atoms with E-state index in [0.29, 0.717) is 12.8 Å². The third kappa shape index (κ3) is 4.61. The van der Waals surface area contributed by atoms with Gasteiger partial charge in [0.25, 0.3) is 5.16 Å². The highest BCUT2D eigenvalue weighted by Crippen LogP contribution is 2.45. The number of aryl methyl sites for hydroxylation is 1. The van der Waals surface area contributed by atoms with Crippen LogP contribution in [0.5, 0.6) is 0 Å².